The van der Waals surface area contributed by atoms with Crippen LogP contribution in [0.25, 0.3) is 0 Å². The third-order valence-corrected chi connectivity index (χ3v) is 4.77. The van der Waals surface area contributed by atoms with E-state index in [0.29, 0.717) is 22.7 Å². The zero-order valence-electron chi connectivity index (χ0n) is 15.8. The maximum atomic E-state index is 13.1. The molecule has 7 heteroatoms. The summed E-state index contributed by atoms with van der Waals surface area (Å²) in [5, 5.41) is 10.6. The molecule has 1 aromatic heterocycles. The molecule has 4 rings (SSSR count). The fourth-order valence-corrected chi connectivity index (χ4v) is 3.40. The summed E-state index contributed by atoms with van der Waals surface area (Å²) in [4.78, 5) is 31.6. The summed E-state index contributed by atoms with van der Waals surface area (Å²) in [6.45, 7) is 5.37. The van der Waals surface area contributed by atoms with Crippen LogP contribution in [0.1, 0.15) is 32.4 Å². The van der Waals surface area contributed by atoms with Gasteiger partial charge in [0.2, 0.25) is 6.79 Å². The van der Waals surface area contributed by atoms with Crippen molar-refractivity contribution in [2.24, 2.45) is 5.41 Å². The van der Waals surface area contributed by atoms with Gasteiger partial charge in [0.15, 0.2) is 23.0 Å². The first-order chi connectivity index (χ1) is 13.3. The molecule has 7 nitrogen and oxygen atoms in total. The van der Waals surface area contributed by atoms with Gasteiger partial charge in [-0.1, -0.05) is 26.8 Å². The van der Waals surface area contributed by atoms with Crippen molar-refractivity contribution in [2.75, 3.05) is 11.7 Å². The van der Waals surface area contributed by atoms with Gasteiger partial charge in [-0.2, -0.15) is 0 Å². The number of carbonyl (C=O) groups excluding carboxylic acids is 2. The second-order valence-electron chi connectivity index (χ2n) is 7.74. The summed E-state index contributed by atoms with van der Waals surface area (Å²) in [6.07, 6.45) is 3.20. The normalized spacial score (nSPS) is 18.8. The molecule has 144 valence electrons. The zero-order chi connectivity index (χ0) is 20.1. The van der Waals surface area contributed by atoms with Crippen LogP contribution in [0.5, 0.6) is 11.5 Å². The Balaban J connectivity index is 1.87. The number of nitrogens with zero attached hydrogens (tertiary/aromatic N) is 2. The van der Waals surface area contributed by atoms with E-state index in [1.165, 1.54) is 4.90 Å². The molecule has 1 aromatic carbocycles. The predicted molar refractivity (Wildman–Crippen MR) is 101 cm³/mol. The average Bonchev–Trinajstić information content (AvgIpc) is 3.23. The molecule has 0 bridgehead atoms. The summed E-state index contributed by atoms with van der Waals surface area (Å²) in [5.41, 5.74) is 0.425. The number of hydrogen-bond acceptors (Lipinski definition) is 6. The lowest BCUT2D eigenvalue weighted by atomic mass is 9.82. The molecule has 2 aliphatic rings. The molecule has 0 aliphatic carbocycles. The third kappa shape index (κ3) is 2.79. The highest BCUT2D eigenvalue weighted by Crippen LogP contribution is 2.45. The number of benzene rings is 1. The molecule has 1 amide bonds. The monoisotopic (exact) mass is 380 g/mol. The van der Waals surface area contributed by atoms with Gasteiger partial charge in [0.25, 0.3) is 5.91 Å². The van der Waals surface area contributed by atoms with Gasteiger partial charge in [0.05, 0.1) is 11.6 Å². The quantitative estimate of drug-likeness (QED) is 0.879. The Morgan fingerprint density at radius 2 is 1.96 bits per heavy atom. The lowest BCUT2D eigenvalue weighted by Crippen LogP contribution is -2.32. The number of fused-ring (bicyclic) bond motifs is 1. The van der Waals surface area contributed by atoms with Crippen molar-refractivity contribution in [3.05, 3.63) is 59.6 Å². The topological polar surface area (TPSA) is 89.0 Å². The van der Waals surface area contributed by atoms with Gasteiger partial charge in [-0.05, 0) is 23.8 Å². The van der Waals surface area contributed by atoms with E-state index in [1.54, 1.807) is 63.5 Å². The molecule has 2 aliphatic heterocycles. The second-order valence-corrected chi connectivity index (χ2v) is 7.74. The van der Waals surface area contributed by atoms with Gasteiger partial charge < -0.3 is 14.6 Å². The SMILES string of the molecule is CC(C)(C)C(=O)C1=C(O)C(=O)N(c2ccc3c(c2)OCO3)C1c1cccnc1. The molecular formula is C21H20N2O5. The largest absolute Gasteiger partial charge is 0.503 e. The number of aliphatic hydroxyl groups excluding tert-OH is 1. The molecule has 0 saturated carbocycles. The number of rotatable bonds is 3. The van der Waals surface area contributed by atoms with E-state index in [9.17, 15) is 14.7 Å². The minimum Gasteiger partial charge on any atom is -0.503 e. The number of ether oxygens (including phenoxy) is 2. The van der Waals surface area contributed by atoms with Crippen LogP contribution in [0.15, 0.2) is 54.1 Å². The summed E-state index contributed by atoms with van der Waals surface area (Å²) in [5.74, 6) is -0.385. The molecule has 3 heterocycles. The second kappa shape index (κ2) is 6.37. The van der Waals surface area contributed by atoms with Gasteiger partial charge >= 0.3 is 0 Å². The molecule has 0 radical (unpaired) electrons. The van der Waals surface area contributed by atoms with Crippen molar-refractivity contribution in [1.82, 2.24) is 4.98 Å². The van der Waals surface area contributed by atoms with Crippen LogP contribution in [0.4, 0.5) is 5.69 Å². The number of Topliss-reactive ketones (excluding diaryl/α,β-unsaturated/α-hetero) is 1. The van der Waals surface area contributed by atoms with E-state index in [4.69, 9.17) is 9.47 Å². The van der Waals surface area contributed by atoms with Crippen molar-refractivity contribution in [3.63, 3.8) is 0 Å². The Morgan fingerprint density at radius 1 is 1.21 bits per heavy atom. The molecular weight excluding hydrogens is 360 g/mol. The number of anilines is 1. The maximum absolute atomic E-state index is 13.1. The molecule has 0 saturated heterocycles. The van der Waals surface area contributed by atoms with E-state index in [0.717, 1.165) is 0 Å². The third-order valence-electron chi connectivity index (χ3n) is 4.77. The van der Waals surface area contributed by atoms with Crippen molar-refractivity contribution >= 4 is 17.4 Å². The molecule has 28 heavy (non-hydrogen) atoms. The van der Waals surface area contributed by atoms with Crippen molar-refractivity contribution in [2.45, 2.75) is 26.8 Å². The molecule has 1 N–H and O–H groups in total. The first kappa shape index (κ1) is 18.0. The minimum absolute atomic E-state index is 0.0724. The molecule has 1 unspecified atom stereocenters. The van der Waals surface area contributed by atoms with Crippen LogP contribution >= 0.6 is 0 Å². The zero-order valence-corrected chi connectivity index (χ0v) is 15.8. The predicted octanol–water partition coefficient (Wildman–Crippen LogP) is 3.33. The summed E-state index contributed by atoms with van der Waals surface area (Å²) in [6, 6.07) is 7.79. The first-order valence-electron chi connectivity index (χ1n) is 8.90. The highest BCUT2D eigenvalue weighted by Gasteiger charge is 2.47. The van der Waals surface area contributed by atoms with E-state index in [1.807, 2.05) is 0 Å². The van der Waals surface area contributed by atoms with Gasteiger partial charge in [-0.15, -0.1) is 0 Å². The Labute approximate surface area is 162 Å². The number of aromatic nitrogens is 1. The van der Waals surface area contributed by atoms with Gasteiger partial charge in [-0.3, -0.25) is 19.5 Å². The summed E-state index contributed by atoms with van der Waals surface area (Å²) in [7, 11) is 0. The molecule has 0 fully saturated rings. The van der Waals surface area contributed by atoms with Crippen LogP contribution in [0, 0.1) is 5.41 Å². The van der Waals surface area contributed by atoms with Gasteiger partial charge in [0.1, 0.15) is 0 Å². The number of ketones is 1. The summed E-state index contributed by atoms with van der Waals surface area (Å²) < 4.78 is 10.7. The Kier molecular flexibility index (Phi) is 4.10. The standard InChI is InChI=1S/C21H20N2O5/c1-21(2,3)19(25)16-17(12-5-4-8-22-10-12)23(20(26)18(16)24)13-6-7-14-15(9-13)28-11-27-14/h4-10,17,24H,11H2,1-3H3. The van der Waals surface area contributed by atoms with E-state index >= 15 is 0 Å². The smallest absolute Gasteiger partial charge is 0.294 e. The van der Waals surface area contributed by atoms with E-state index in [-0.39, 0.29) is 18.1 Å². The number of aliphatic hydroxyl groups is 1. The molecule has 1 atom stereocenters. The van der Waals surface area contributed by atoms with E-state index < -0.39 is 23.1 Å². The van der Waals surface area contributed by atoms with Crippen molar-refractivity contribution < 1.29 is 24.2 Å². The number of hydrogen-bond donors (Lipinski definition) is 1. The van der Waals surface area contributed by atoms with Gasteiger partial charge in [0, 0.05) is 29.6 Å². The molecule has 0 spiro atoms. The Morgan fingerprint density at radius 3 is 2.64 bits per heavy atom. The van der Waals surface area contributed by atoms with Crippen LogP contribution in [-0.4, -0.2) is 28.6 Å². The van der Waals surface area contributed by atoms with E-state index in [2.05, 4.69) is 4.98 Å². The average molecular weight is 380 g/mol. The number of carbonyl (C=O) groups is 2. The molecule has 2 aromatic rings. The lowest BCUT2D eigenvalue weighted by Gasteiger charge is -2.28. The Bertz CT molecular complexity index is 992. The van der Waals surface area contributed by atoms with Crippen LogP contribution < -0.4 is 14.4 Å². The van der Waals surface area contributed by atoms with Crippen molar-refractivity contribution in [1.29, 1.82) is 0 Å². The lowest BCUT2D eigenvalue weighted by molar-refractivity contribution is -0.123. The fourth-order valence-electron chi connectivity index (χ4n) is 3.40. The van der Waals surface area contributed by atoms with Gasteiger partial charge in [-0.25, -0.2) is 0 Å². The fraction of sp³-hybridized carbons (Fsp3) is 0.286. The summed E-state index contributed by atoms with van der Waals surface area (Å²) >= 11 is 0. The Hall–Kier alpha value is -3.35. The highest BCUT2D eigenvalue weighted by molar-refractivity contribution is 6.17. The number of amides is 1. The van der Waals surface area contributed by atoms with Crippen LogP contribution in [-0.2, 0) is 9.59 Å². The number of pyridine rings is 1. The van der Waals surface area contributed by atoms with Crippen molar-refractivity contribution in [3.8, 4) is 11.5 Å². The first-order valence-corrected chi connectivity index (χ1v) is 8.90. The van der Waals surface area contributed by atoms with Crippen LogP contribution in [0.2, 0.25) is 0 Å². The minimum atomic E-state index is -0.784. The maximum Gasteiger partial charge on any atom is 0.294 e. The highest BCUT2D eigenvalue weighted by atomic mass is 16.7. The van der Waals surface area contributed by atoms with Crippen LogP contribution in [0.3, 0.4) is 0 Å².